The van der Waals surface area contributed by atoms with Gasteiger partial charge in [0.25, 0.3) is 0 Å². The summed E-state index contributed by atoms with van der Waals surface area (Å²) in [7, 11) is 0. The molecule has 1 saturated carbocycles. The smallest absolute Gasteiger partial charge is 0.353 e. The predicted molar refractivity (Wildman–Crippen MR) is 60.3 cm³/mol. The minimum absolute atomic E-state index is 0.185. The summed E-state index contributed by atoms with van der Waals surface area (Å²) in [6.45, 7) is 4.44. The van der Waals surface area contributed by atoms with Crippen LogP contribution in [0, 0.1) is 11.8 Å². The maximum atomic E-state index is 10.8. The van der Waals surface area contributed by atoms with Gasteiger partial charge in [0.05, 0.1) is 0 Å². The van der Waals surface area contributed by atoms with Crippen LogP contribution in [0.4, 0.5) is 0 Å². The zero-order chi connectivity index (χ0) is 11.8. The van der Waals surface area contributed by atoms with E-state index in [1.54, 1.807) is 0 Å². The quantitative estimate of drug-likeness (QED) is 0.785. The summed E-state index contributed by atoms with van der Waals surface area (Å²) in [6.07, 6.45) is 4.71. The van der Waals surface area contributed by atoms with Crippen LogP contribution in [0.5, 0.6) is 0 Å². The van der Waals surface area contributed by atoms with Crippen LogP contribution in [0.2, 0.25) is 0 Å². The lowest BCUT2D eigenvalue weighted by Crippen LogP contribution is -2.37. The molecule has 2 aliphatic rings. The molecule has 0 aromatic heterocycles. The Morgan fingerprint density at radius 3 is 2.94 bits per heavy atom. The highest BCUT2D eigenvalue weighted by molar-refractivity contribution is 6.36. The number of carboxylic acids is 1. The normalized spacial score (nSPS) is 33.9. The zero-order valence-electron chi connectivity index (χ0n) is 9.90. The van der Waals surface area contributed by atoms with Gasteiger partial charge >= 0.3 is 5.97 Å². The molecule has 0 aromatic carbocycles. The second kappa shape index (κ2) is 4.07. The number of aliphatic carboxylic acids is 1. The largest absolute Gasteiger partial charge is 0.477 e. The van der Waals surface area contributed by atoms with Gasteiger partial charge in [-0.15, -0.1) is 0 Å². The summed E-state index contributed by atoms with van der Waals surface area (Å²) >= 11 is 0. The van der Waals surface area contributed by atoms with Crippen LogP contribution < -0.4 is 0 Å². The summed E-state index contributed by atoms with van der Waals surface area (Å²) in [4.78, 5) is 16.3. The first-order valence-corrected chi connectivity index (χ1v) is 6.01. The molecule has 0 radical (unpaired) electrons. The summed E-state index contributed by atoms with van der Waals surface area (Å²) in [5, 5.41) is 12.6. The van der Waals surface area contributed by atoms with E-state index in [0.29, 0.717) is 18.3 Å². The van der Waals surface area contributed by atoms with Crippen molar-refractivity contribution in [2.24, 2.45) is 17.0 Å². The molecule has 90 valence electrons. The highest BCUT2D eigenvalue weighted by Crippen LogP contribution is 2.43. The van der Waals surface area contributed by atoms with Crippen LogP contribution in [0.1, 0.15) is 46.0 Å². The Bertz CT molecular complexity index is 324. The van der Waals surface area contributed by atoms with Gasteiger partial charge in [-0.3, -0.25) is 0 Å². The molecule has 1 aliphatic heterocycles. The van der Waals surface area contributed by atoms with Crippen LogP contribution in [0.25, 0.3) is 0 Å². The fraction of sp³-hybridized carbons (Fsp3) is 0.833. The number of rotatable bonds is 2. The van der Waals surface area contributed by atoms with Gasteiger partial charge in [0.2, 0.25) is 0 Å². The predicted octanol–water partition coefficient (Wildman–Crippen LogP) is 2.43. The third kappa shape index (κ3) is 2.06. The summed E-state index contributed by atoms with van der Waals surface area (Å²) in [5.74, 6) is 0.329. The van der Waals surface area contributed by atoms with E-state index in [1.807, 2.05) is 0 Å². The average Bonchev–Trinajstić information content (AvgIpc) is 2.62. The maximum Gasteiger partial charge on any atom is 0.353 e. The fourth-order valence-electron chi connectivity index (χ4n) is 2.82. The van der Waals surface area contributed by atoms with Gasteiger partial charge in [-0.05, 0) is 37.5 Å². The molecule has 1 N–H and O–H groups in total. The van der Waals surface area contributed by atoms with Crippen molar-refractivity contribution in [2.75, 3.05) is 0 Å². The third-order valence-corrected chi connectivity index (χ3v) is 3.87. The van der Waals surface area contributed by atoms with Gasteiger partial charge in [0, 0.05) is 6.42 Å². The number of hydrogen-bond acceptors (Lipinski definition) is 3. The van der Waals surface area contributed by atoms with Crippen molar-refractivity contribution in [2.45, 2.75) is 51.6 Å². The Balaban J connectivity index is 2.03. The summed E-state index contributed by atoms with van der Waals surface area (Å²) in [5.41, 5.74) is -0.120. The highest BCUT2D eigenvalue weighted by Gasteiger charge is 2.45. The van der Waals surface area contributed by atoms with E-state index in [9.17, 15) is 4.79 Å². The Kier molecular flexibility index (Phi) is 2.91. The molecule has 1 fully saturated rings. The SMILES string of the molecule is CC(C)C1CCCC2(CC(C(=O)O)=NO2)C1. The topological polar surface area (TPSA) is 58.9 Å². The fourth-order valence-corrected chi connectivity index (χ4v) is 2.82. The average molecular weight is 225 g/mol. The van der Waals surface area contributed by atoms with Crippen LogP contribution >= 0.6 is 0 Å². The molecular weight excluding hydrogens is 206 g/mol. The van der Waals surface area contributed by atoms with Gasteiger partial charge in [0.15, 0.2) is 5.71 Å². The summed E-state index contributed by atoms with van der Waals surface area (Å²) in [6, 6.07) is 0. The Hall–Kier alpha value is -1.06. The monoisotopic (exact) mass is 225 g/mol. The zero-order valence-corrected chi connectivity index (χ0v) is 9.90. The van der Waals surface area contributed by atoms with E-state index >= 15 is 0 Å². The molecule has 16 heavy (non-hydrogen) atoms. The molecule has 2 atom stereocenters. The number of hydrogen-bond donors (Lipinski definition) is 1. The number of oxime groups is 1. The van der Waals surface area contributed by atoms with Crippen molar-refractivity contribution in [3.05, 3.63) is 0 Å². The van der Waals surface area contributed by atoms with E-state index in [2.05, 4.69) is 19.0 Å². The second-order valence-corrected chi connectivity index (χ2v) is 5.39. The lowest BCUT2D eigenvalue weighted by atomic mass is 9.72. The first-order chi connectivity index (χ1) is 7.52. The number of carboxylic acid groups (broad SMARTS) is 1. The lowest BCUT2D eigenvalue weighted by Gasteiger charge is -2.37. The number of nitrogens with zero attached hydrogens (tertiary/aromatic N) is 1. The van der Waals surface area contributed by atoms with Gasteiger partial charge in [0.1, 0.15) is 5.60 Å². The molecule has 1 heterocycles. The molecule has 0 aromatic rings. The van der Waals surface area contributed by atoms with Gasteiger partial charge in [-0.2, -0.15) is 0 Å². The van der Waals surface area contributed by atoms with Crippen molar-refractivity contribution in [1.82, 2.24) is 0 Å². The second-order valence-electron chi connectivity index (χ2n) is 5.39. The molecule has 2 unspecified atom stereocenters. The van der Waals surface area contributed by atoms with Crippen molar-refractivity contribution in [1.29, 1.82) is 0 Å². The minimum Gasteiger partial charge on any atom is -0.477 e. The maximum absolute atomic E-state index is 10.8. The molecule has 1 spiro atoms. The van der Waals surface area contributed by atoms with E-state index < -0.39 is 5.97 Å². The van der Waals surface area contributed by atoms with Gasteiger partial charge in [-0.1, -0.05) is 19.0 Å². The van der Waals surface area contributed by atoms with Crippen LogP contribution in [0.3, 0.4) is 0 Å². The molecule has 4 nitrogen and oxygen atoms in total. The Morgan fingerprint density at radius 1 is 1.62 bits per heavy atom. The lowest BCUT2D eigenvalue weighted by molar-refractivity contribution is -0.129. The molecule has 4 heteroatoms. The first-order valence-electron chi connectivity index (χ1n) is 6.01. The van der Waals surface area contributed by atoms with E-state index in [0.717, 1.165) is 19.3 Å². The van der Waals surface area contributed by atoms with Crippen molar-refractivity contribution >= 4 is 11.7 Å². The molecule has 2 rings (SSSR count). The highest BCUT2D eigenvalue weighted by atomic mass is 16.7. The van der Waals surface area contributed by atoms with Crippen LogP contribution in [-0.4, -0.2) is 22.4 Å². The Labute approximate surface area is 95.7 Å². The minimum atomic E-state index is -0.941. The van der Waals surface area contributed by atoms with E-state index in [1.165, 1.54) is 6.42 Å². The van der Waals surface area contributed by atoms with Crippen molar-refractivity contribution in [3.8, 4) is 0 Å². The van der Waals surface area contributed by atoms with Crippen molar-refractivity contribution < 1.29 is 14.7 Å². The third-order valence-electron chi connectivity index (χ3n) is 3.87. The summed E-state index contributed by atoms with van der Waals surface area (Å²) < 4.78 is 0. The molecule has 0 bridgehead atoms. The first kappa shape index (κ1) is 11.4. The van der Waals surface area contributed by atoms with Crippen LogP contribution in [0.15, 0.2) is 5.16 Å². The van der Waals surface area contributed by atoms with E-state index in [-0.39, 0.29) is 11.3 Å². The molecule has 0 saturated heterocycles. The van der Waals surface area contributed by atoms with Crippen LogP contribution in [-0.2, 0) is 9.63 Å². The molecular formula is C12H19NO3. The van der Waals surface area contributed by atoms with Gasteiger partial charge < -0.3 is 9.94 Å². The Morgan fingerprint density at radius 2 is 2.38 bits per heavy atom. The molecule has 0 amide bonds. The standard InChI is InChI=1S/C12H19NO3/c1-8(2)9-4-3-5-12(6-9)7-10(11(14)15)13-16-12/h8-9H,3-7H2,1-2H3,(H,14,15). The van der Waals surface area contributed by atoms with E-state index in [4.69, 9.17) is 9.94 Å². The molecule has 1 aliphatic carbocycles. The van der Waals surface area contributed by atoms with Crippen molar-refractivity contribution in [3.63, 3.8) is 0 Å². The van der Waals surface area contributed by atoms with Gasteiger partial charge in [-0.25, -0.2) is 4.79 Å². The number of carbonyl (C=O) groups is 1.